The van der Waals surface area contributed by atoms with E-state index in [2.05, 4.69) is 19.9 Å². The molecular formula is C48H74O15. The van der Waals surface area contributed by atoms with Gasteiger partial charge in [-0.15, -0.1) is 0 Å². The third-order valence-electron chi connectivity index (χ3n) is 15.0. The number of esters is 1. The molecule has 356 valence electrons. The summed E-state index contributed by atoms with van der Waals surface area (Å²) in [5, 5.41) is 45.7. The van der Waals surface area contributed by atoms with Gasteiger partial charge in [0.05, 0.1) is 55.4 Å². The largest absolute Gasteiger partial charge is 0.462 e. The van der Waals surface area contributed by atoms with E-state index in [9.17, 15) is 25.2 Å². The minimum Gasteiger partial charge on any atom is -0.462 e. The summed E-state index contributed by atoms with van der Waals surface area (Å²) in [6.45, 7) is 15.7. The van der Waals surface area contributed by atoms with E-state index in [1.807, 2.05) is 39.8 Å². The first-order chi connectivity index (χ1) is 29.9. The van der Waals surface area contributed by atoms with E-state index in [1.165, 1.54) is 0 Å². The molecule has 0 aromatic heterocycles. The van der Waals surface area contributed by atoms with Crippen LogP contribution in [0.15, 0.2) is 47.1 Å². The van der Waals surface area contributed by atoms with Gasteiger partial charge in [-0.3, -0.25) is 4.79 Å². The van der Waals surface area contributed by atoms with Gasteiger partial charge in [0.1, 0.15) is 42.0 Å². The molecule has 21 atom stereocenters. The monoisotopic (exact) mass is 891 g/mol. The molecule has 0 amide bonds. The summed E-state index contributed by atoms with van der Waals surface area (Å²) in [6, 6.07) is 0. The first-order valence-corrected chi connectivity index (χ1v) is 23.3. The van der Waals surface area contributed by atoms with Crippen LogP contribution in [0.2, 0.25) is 0 Å². The van der Waals surface area contributed by atoms with Gasteiger partial charge in [-0.25, -0.2) is 0 Å². The van der Waals surface area contributed by atoms with E-state index in [0.717, 1.165) is 12.0 Å². The van der Waals surface area contributed by atoms with Gasteiger partial charge in [0.2, 0.25) is 0 Å². The Balaban J connectivity index is 1.19. The highest BCUT2D eigenvalue weighted by atomic mass is 16.7. The van der Waals surface area contributed by atoms with Crippen molar-refractivity contribution in [2.45, 2.75) is 204 Å². The predicted molar refractivity (Wildman–Crippen MR) is 229 cm³/mol. The van der Waals surface area contributed by atoms with Crippen molar-refractivity contribution in [1.29, 1.82) is 0 Å². The van der Waals surface area contributed by atoms with Crippen molar-refractivity contribution in [3.63, 3.8) is 0 Å². The van der Waals surface area contributed by atoms with Gasteiger partial charge in [-0.1, -0.05) is 64.5 Å². The fourth-order valence-electron chi connectivity index (χ4n) is 11.0. The molecule has 15 heteroatoms. The Bertz CT molecular complexity index is 1710. The first kappa shape index (κ1) is 48.8. The summed E-state index contributed by atoms with van der Waals surface area (Å²) in [5.74, 6) is -3.19. The van der Waals surface area contributed by atoms with E-state index in [1.54, 1.807) is 40.2 Å². The quantitative estimate of drug-likeness (QED) is 0.196. The average molecular weight is 891 g/mol. The van der Waals surface area contributed by atoms with Gasteiger partial charge in [-0.05, 0) is 56.8 Å². The van der Waals surface area contributed by atoms with E-state index in [4.69, 9.17) is 47.4 Å². The van der Waals surface area contributed by atoms with E-state index >= 15 is 0 Å². The highest BCUT2D eigenvalue weighted by Crippen LogP contribution is 2.48. The van der Waals surface area contributed by atoms with Crippen LogP contribution in [0.1, 0.15) is 100 Å². The standard InChI is InChI=1S/C48H74O15/c1-11-24(2)43-28(6)35(49)22-47(63-43)21-33-18-32(62-47)16-15-26(4)42(25(3)13-12-14-31-23-56-45-40(50)27(5)17-34(46(52)59-33)48(31,45)53)60-39-20-37(55-10)44(30(8)58-39)61-38-19-36(54-9)41(51)29(7)57-38/h12-15,17,24-25,28-30,32-45,49-51,53H,11,16,18-23H2,1-10H3/b13-12+,26-15+,31-14-/t24?,25-,28-,29-,30-,32?,33?,34?,35-,36-,37-,38-,39+,40+,41-,42-,43+,44-,45?,47-,48-/m0/s1. The molecule has 6 heterocycles. The molecule has 63 heavy (non-hydrogen) atoms. The zero-order valence-electron chi connectivity index (χ0n) is 38.8. The second-order valence-corrected chi connectivity index (χ2v) is 19.5. The molecule has 6 aliphatic heterocycles. The Morgan fingerprint density at radius 2 is 1.59 bits per heavy atom. The second kappa shape index (κ2) is 20.0. The highest BCUT2D eigenvalue weighted by Gasteiger charge is 2.60. The Hall–Kier alpha value is -2.09. The summed E-state index contributed by atoms with van der Waals surface area (Å²) in [5.41, 5.74) is 0.0234. The molecule has 0 aromatic carbocycles. The number of methoxy groups -OCH3 is 2. The third kappa shape index (κ3) is 9.98. The lowest BCUT2D eigenvalue weighted by Gasteiger charge is -2.52. The maximum atomic E-state index is 14.4. The lowest BCUT2D eigenvalue weighted by atomic mass is 9.71. The van der Waals surface area contributed by atoms with Crippen LogP contribution in [0, 0.1) is 23.7 Å². The van der Waals surface area contributed by atoms with Crippen LogP contribution >= 0.6 is 0 Å². The lowest BCUT2D eigenvalue weighted by Crippen LogP contribution is -2.60. The van der Waals surface area contributed by atoms with E-state index in [0.29, 0.717) is 36.8 Å². The normalized spacial score (nSPS) is 50.0. The summed E-state index contributed by atoms with van der Waals surface area (Å²) >= 11 is 0. The van der Waals surface area contributed by atoms with Crippen molar-refractivity contribution in [2.24, 2.45) is 23.7 Å². The second-order valence-electron chi connectivity index (χ2n) is 19.5. The number of ether oxygens (including phenoxy) is 10. The molecule has 4 N–H and O–H groups in total. The van der Waals surface area contributed by atoms with Crippen molar-refractivity contribution in [3.05, 3.63) is 47.1 Å². The number of rotatable bonds is 8. The molecule has 7 rings (SSSR count). The van der Waals surface area contributed by atoms with Gasteiger partial charge >= 0.3 is 5.97 Å². The minimum atomic E-state index is -1.87. The first-order valence-electron chi connectivity index (χ1n) is 23.3. The molecule has 15 nitrogen and oxygen atoms in total. The fourth-order valence-corrected chi connectivity index (χ4v) is 11.0. The number of aliphatic hydroxyl groups is 4. The van der Waals surface area contributed by atoms with E-state index in [-0.39, 0.29) is 43.3 Å². The lowest BCUT2D eigenvalue weighted by molar-refractivity contribution is -0.354. The van der Waals surface area contributed by atoms with Gasteiger partial charge in [0.25, 0.3) is 0 Å². The molecule has 0 radical (unpaired) electrons. The van der Waals surface area contributed by atoms with Gasteiger partial charge in [-0.2, -0.15) is 0 Å². The third-order valence-corrected chi connectivity index (χ3v) is 15.0. The smallest absolute Gasteiger partial charge is 0.316 e. The van der Waals surface area contributed by atoms with Crippen LogP contribution in [0.3, 0.4) is 0 Å². The van der Waals surface area contributed by atoms with Crippen molar-refractivity contribution < 1.29 is 72.6 Å². The van der Waals surface area contributed by atoms with Crippen molar-refractivity contribution in [3.8, 4) is 0 Å². The number of aliphatic hydroxyl groups excluding tert-OH is 3. The molecule has 1 aliphatic carbocycles. The predicted octanol–water partition coefficient (Wildman–Crippen LogP) is 4.57. The van der Waals surface area contributed by atoms with Crippen LogP contribution in [0.4, 0.5) is 0 Å². The number of carbonyl (C=O) groups excluding carboxylic acids is 1. The van der Waals surface area contributed by atoms with Crippen LogP contribution in [-0.2, 0) is 52.2 Å². The van der Waals surface area contributed by atoms with Crippen molar-refractivity contribution >= 4 is 5.97 Å². The molecular weight excluding hydrogens is 817 g/mol. The zero-order chi connectivity index (χ0) is 45.5. The number of carbonyl (C=O) groups is 1. The van der Waals surface area contributed by atoms with Crippen LogP contribution in [-0.4, -0.2) is 151 Å². The Morgan fingerprint density at radius 1 is 0.889 bits per heavy atom. The van der Waals surface area contributed by atoms with Gasteiger partial charge < -0.3 is 67.8 Å². The molecule has 5 unspecified atom stereocenters. The summed E-state index contributed by atoms with van der Waals surface area (Å²) < 4.78 is 63.6. The number of hydrogen-bond donors (Lipinski definition) is 4. The van der Waals surface area contributed by atoms with E-state index < -0.39 is 109 Å². The Kier molecular flexibility index (Phi) is 15.5. The van der Waals surface area contributed by atoms with Crippen LogP contribution in [0.25, 0.3) is 0 Å². The molecule has 0 aromatic rings. The van der Waals surface area contributed by atoms with Crippen LogP contribution in [0.5, 0.6) is 0 Å². The van der Waals surface area contributed by atoms with Gasteiger partial charge in [0.15, 0.2) is 18.4 Å². The summed E-state index contributed by atoms with van der Waals surface area (Å²) in [4.78, 5) is 14.4. The Labute approximate surface area is 373 Å². The number of allylic oxidation sites excluding steroid dienone is 2. The highest BCUT2D eigenvalue weighted by molar-refractivity contribution is 5.78. The van der Waals surface area contributed by atoms with Gasteiger partial charge in [0, 0.05) is 58.2 Å². The maximum Gasteiger partial charge on any atom is 0.316 e. The molecule has 1 spiro atoms. The summed E-state index contributed by atoms with van der Waals surface area (Å²) in [6.07, 6.45) is 3.00. The number of fused-ring (bicyclic) bond motifs is 2. The SMILES string of the molecule is CCC(C)[C@H]1O[C@@]2(CC3CC(C/C=C(\C)[C@@H](O[C@@H]4C[C@H](OC)[C@@H](O[C@H]5C[C@H](OC)[C@@H](O)[C@H](C)O5)[C@H](C)O4)[C@@H](C)/C=C/C=C4/COC5[C@H](O)C(C)=CC(C(=O)O3)[C@@]45O)O2)C[C@H](O)[C@@H]1C. The molecule has 7 aliphatic rings. The molecule has 2 bridgehead atoms. The summed E-state index contributed by atoms with van der Waals surface area (Å²) in [7, 11) is 3.20. The molecule has 0 saturated carbocycles. The topological polar surface area (TPSA) is 190 Å². The van der Waals surface area contributed by atoms with Crippen molar-refractivity contribution in [2.75, 3.05) is 20.8 Å². The molecule has 5 saturated heterocycles. The van der Waals surface area contributed by atoms with Crippen molar-refractivity contribution in [1.82, 2.24) is 0 Å². The Morgan fingerprint density at radius 3 is 2.30 bits per heavy atom. The number of hydrogen-bond acceptors (Lipinski definition) is 15. The maximum absolute atomic E-state index is 14.4. The zero-order valence-corrected chi connectivity index (χ0v) is 38.8. The fraction of sp³-hybridized carbons (Fsp3) is 0.812. The minimum absolute atomic E-state index is 0.0109. The molecule has 5 fully saturated rings. The average Bonchev–Trinajstić information content (AvgIpc) is 3.59. The van der Waals surface area contributed by atoms with Crippen LogP contribution < -0.4 is 0 Å².